The molecule has 5 rings (SSSR count). The van der Waals surface area contributed by atoms with Crippen molar-refractivity contribution in [3.05, 3.63) is 77.6 Å². The first-order valence-electron chi connectivity index (χ1n) is 13.9. The SMILES string of the molecule is CC(N)C(=O)N[C@@H](CCc1nnn[nH]1)C(=O)N1C[C@@H](c2ccccc2)C[C@H]1CN1CC[C@@H](c2ccccc2)C1. The number of carbonyl (C=O) groups excluding carboxylic acids is 2. The van der Waals surface area contributed by atoms with E-state index >= 15 is 0 Å². The van der Waals surface area contributed by atoms with Crippen LogP contribution in [0.2, 0.25) is 0 Å². The van der Waals surface area contributed by atoms with Gasteiger partial charge in [-0.15, -0.1) is 5.10 Å². The molecule has 2 aliphatic heterocycles. The van der Waals surface area contributed by atoms with Crippen molar-refractivity contribution in [1.82, 2.24) is 35.7 Å². The summed E-state index contributed by atoms with van der Waals surface area (Å²) in [4.78, 5) is 31.2. The third-order valence-corrected chi connectivity index (χ3v) is 8.07. The number of hydrogen-bond acceptors (Lipinski definition) is 7. The summed E-state index contributed by atoms with van der Waals surface area (Å²) < 4.78 is 0. The lowest BCUT2D eigenvalue weighted by molar-refractivity contribution is -0.137. The van der Waals surface area contributed by atoms with E-state index in [9.17, 15) is 9.59 Å². The Kier molecular flexibility index (Phi) is 8.63. The highest BCUT2D eigenvalue weighted by Gasteiger charge is 2.40. The molecule has 2 aliphatic rings. The number of carbonyl (C=O) groups is 2. The average molecular weight is 531 g/mol. The first-order chi connectivity index (χ1) is 19.0. The van der Waals surface area contributed by atoms with Crippen LogP contribution in [0.3, 0.4) is 0 Å². The minimum atomic E-state index is -0.710. The topological polar surface area (TPSA) is 133 Å². The molecular formula is C29H38N8O2. The number of nitrogens with zero attached hydrogens (tertiary/aromatic N) is 5. The number of rotatable bonds is 10. The fraction of sp³-hybridized carbons (Fsp3) is 0.483. The van der Waals surface area contributed by atoms with Crippen molar-refractivity contribution in [2.75, 3.05) is 26.2 Å². The van der Waals surface area contributed by atoms with Crippen LogP contribution in [0, 0.1) is 0 Å². The van der Waals surface area contributed by atoms with Crippen molar-refractivity contribution in [2.45, 2.75) is 62.6 Å². The Bertz CT molecular complexity index is 1200. The molecule has 39 heavy (non-hydrogen) atoms. The fourth-order valence-corrected chi connectivity index (χ4v) is 5.95. The Balaban J connectivity index is 1.33. The van der Waals surface area contributed by atoms with Crippen LogP contribution in [0.1, 0.15) is 55.0 Å². The summed E-state index contributed by atoms with van der Waals surface area (Å²) >= 11 is 0. The van der Waals surface area contributed by atoms with Crippen LogP contribution in [0.5, 0.6) is 0 Å². The summed E-state index contributed by atoms with van der Waals surface area (Å²) in [5.41, 5.74) is 8.46. The van der Waals surface area contributed by atoms with Gasteiger partial charge in [0.15, 0.2) is 0 Å². The van der Waals surface area contributed by atoms with Gasteiger partial charge in [-0.25, -0.2) is 5.10 Å². The van der Waals surface area contributed by atoms with E-state index in [1.165, 1.54) is 11.1 Å². The lowest BCUT2D eigenvalue weighted by Crippen LogP contribution is -2.54. The number of nitrogens with one attached hydrogen (secondary N) is 2. The van der Waals surface area contributed by atoms with Gasteiger partial charge in [0.25, 0.3) is 0 Å². The molecular weight excluding hydrogens is 492 g/mol. The second kappa shape index (κ2) is 12.5. The van der Waals surface area contributed by atoms with Gasteiger partial charge in [-0.05, 0) is 60.2 Å². The molecule has 4 N–H and O–H groups in total. The summed E-state index contributed by atoms with van der Waals surface area (Å²) in [5, 5.41) is 16.8. The van der Waals surface area contributed by atoms with Crippen molar-refractivity contribution < 1.29 is 9.59 Å². The van der Waals surface area contributed by atoms with E-state index in [0.29, 0.717) is 31.1 Å². The molecule has 206 valence electrons. The Morgan fingerprint density at radius 1 is 1.05 bits per heavy atom. The maximum Gasteiger partial charge on any atom is 0.245 e. The Morgan fingerprint density at radius 2 is 1.74 bits per heavy atom. The number of hydrogen-bond donors (Lipinski definition) is 3. The molecule has 1 unspecified atom stereocenters. The van der Waals surface area contributed by atoms with Crippen molar-refractivity contribution in [3.8, 4) is 0 Å². The Morgan fingerprint density at radius 3 is 2.38 bits per heavy atom. The molecule has 0 bridgehead atoms. The molecule has 0 radical (unpaired) electrons. The second-order valence-electron chi connectivity index (χ2n) is 10.9. The quantitative estimate of drug-likeness (QED) is 0.364. The van der Waals surface area contributed by atoms with Crippen LogP contribution in [0.15, 0.2) is 60.7 Å². The highest BCUT2D eigenvalue weighted by atomic mass is 16.2. The number of benzene rings is 2. The predicted molar refractivity (Wildman–Crippen MR) is 148 cm³/mol. The highest BCUT2D eigenvalue weighted by Crippen LogP contribution is 2.35. The zero-order valence-electron chi connectivity index (χ0n) is 22.4. The van der Waals surface area contributed by atoms with Gasteiger partial charge >= 0.3 is 0 Å². The van der Waals surface area contributed by atoms with Crippen LogP contribution in [0.25, 0.3) is 0 Å². The minimum Gasteiger partial charge on any atom is -0.343 e. The lowest BCUT2D eigenvalue weighted by atomic mass is 9.96. The molecule has 0 aliphatic carbocycles. The Labute approximate surface area is 229 Å². The van der Waals surface area contributed by atoms with Gasteiger partial charge in [-0.1, -0.05) is 60.7 Å². The molecule has 2 saturated heterocycles. The number of H-pyrrole nitrogens is 1. The van der Waals surface area contributed by atoms with Crippen LogP contribution < -0.4 is 11.1 Å². The number of aromatic amines is 1. The number of nitrogens with two attached hydrogens (primary N) is 1. The van der Waals surface area contributed by atoms with E-state index in [0.717, 1.165) is 32.5 Å². The normalized spacial score (nSPS) is 23.0. The van der Waals surface area contributed by atoms with Gasteiger partial charge in [-0.2, -0.15) is 0 Å². The third-order valence-electron chi connectivity index (χ3n) is 8.07. The largest absolute Gasteiger partial charge is 0.343 e. The number of tetrazole rings is 1. The van der Waals surface area contributed by atoms with E-state index in [-0.39, 0.29) is 23.8 Å². The van der Waals surface area contributed by atoms with Crippen LogP contribution in [-0.4, -0.2) is 86.5 Å². The maximum absolute atomic E-state index is 14.1. The second-order valence-corrected chi connectivity index (χ2v) is 10.9. The van der Waals surface area contributed by atoms with Gasteiger partial charge in [0, 0.05) is 38.0 Å². The average Bonchev–Trinajstić information content (AvgIpc) is 3.73. The summed E-state index contributed by atoms with van der Waals surface area (Å²) in [7, 11) is 0. The smallest absolute Gasteiger partial charge is 0.245 e. The molecule has 5 atom stereocenters. The van der Waals surface area contributed by atoms with Crippen molar-refractivity contribution >= 4 is 11.8 Å². The molecule has 3 aromatic rings. The summed E-state index contributed by atoms with van der Waals surface area (Å²) in [6.07, 6.45) is 2.83. The summed E-state index contributed by atoms with van der Waals surface area (Å²) in [6, 6.07) is 19.7. The molecule has 2 aromatic carbocycles. The van der Waals surface area contributed by atoms with Crippen LogP contribution >= 0.6 is 0 Å². The monoisotopic (exact) mass is 530 g/mol. The van der Waals surface area contributed by atoms with E-state index in [1.54, 1.807) is 6.92 Å². The van der Waals surface area contributed by atoms with E-state index in [4.69, 9.17) is 5.73 Å². The van der Waals surface area contributed by atoms with Gasteiger partial charge in [0.05, 0.1) is 6.04 Å². The molecule has 0 spiro atoms. The molecule has 10 heteroatoms. The van der Waals surface area contributed by atoms with Crippen molar-refractivity contribution in [1.29, 1.82) is 0 Å². The highest BCUT2D eigenvalue weighted by molar-refractivity contribution is 5.89. The summed E-state index contributed by atoms with van der Waals surface area (Å²) in [6.45, 7) is 5.06. The standard InChI is InChI=1S/C29H38N8O2/c1-20(30)28(38)31-26(12-13-27-32-34-35-33-27)29(39)37-18-24(22-10-6-3-7-11-22)16-25(37)19-36-15-14-23(17-36)21-8-4-2-5-9-21/h2-11,20,23-26H,12-19,30H2,1H3,(H,31,38)(H,32,33,34,35)/t20?,23-,24+,25+,26+/m1/s1. The number of likely N-dealkylation sites (tertiary alicyclic amines) is 2. The zero-order valence-corrected chi connectivity index (χ0v) is 22.4. The molecule has 2 fully saturated rings. The molecule has 10 nitrogen and oxygen atoms in total. The molecule has 2 amide bonds. The van der Waals surface area contributed by atoms with Gasteiger partial charge in [0.1, 0.15) is 11.9 Å². The van der Waals surface area contributed by atoms with E-state index in [1.807, 2.05) is 11.0 Å². The molecule has 1 aromatic heterocycles. The first-order valence-corrected chi connectivity index (χ1v) is 13.9. The van der Waals surface area contributed by atoms with Crippen molar-refractivity contribution in [3.63, 3.8) is 0 Å². The first kappa shape index (κ1) is 27.0. The molecule has 3 heterocycles. The number of aryl methyl sites for hydroxylation is 1. The summed E-state index contributed by atoms with van der Waals surface area (Å²) in [5.74, 6) is 0.918. The van der Waals surface area contributed by atoms with E-state index < -0.39 is 12.1 Å². The van der Waals surface area contributed by atoms with Gasteiger partial charge < -0.3 is 20.9 Å². The Hall–Kier alpha value is -3.63. The lowest BCUT2D eigenvalue weighted by Gasteiger charge is -2.32. The molecule has 0 saturated carbocycles. The fourth-order valence-electron chi connectivity index (χ4n) is 5.95. The van der Waals surface area contributed by atoms with E-state index in [2.05, 4.69) is 85.4 Å². The third kappa shape index (κ3) is 6.69. The maximum atomic E-state index is 14.1. The van der Waals surface area contributed by atoms with Crippen LogP contribution in [0.4, 0.5) is 0 Å². The van der Waals surface area contributed by atoms with Crippen LogP contribution in [-0.2, 0) is 16.0 Å². The number of amides is 2. The van der Waals surface area contributed by atoms with Crippen molar-refractivity contribution in [2.24, 2.45) is 5.73 Å². The van der Waals surface area contributed by atoms with Gasteiger partial charge in [-0.3, -0.25) is 9.59 Å². The number of aromatic nitrogens is 4. The minimum absolute atomic E-state index is 0.0545. The predicted octanol–water partition coefficient (Wildman–Crippen LogP) is 1.84. The zero-order chi connectivity index (χ0) is 27.2. The van der Waals surface area contributed by atoms with Gasteiger partial charge in [0.2, 0.25) is 11.8 Å².